The summed E-state index contributed by atoms with van der Waals surface area (Å²) >= 11 is 0. The van der Waals surface area contributed by atoms with Crippen molar-refractivity contribution in [1.82, 2.24) is 47.2 Å². The van der Waals surface area contributed by atoms with Crippen molar-refractivity contribution in [3.05, 3.63) is 138 Å². The Labute approximate surface area is 493 Å². The van der Waals surface area contributed by atoms with E-state index in [2.05, 4.69) is 47.2 Å². The third-order valence-electron chi connectivity index (χ3n) is 13.8. The largest absolute Gasteiger partial charge is 0.508 e. The number of amides is 8. The highest BCUT2D eigenvalue weighted by atomic mass is 33.1. The van der Waals surface area contributed by atoms with Crippen LogP contribution in [0.5, 0.6) is 5.75 Å². The number of nitrogens with one attached hydrogen (secondary N) is 9. The van der Waals surface area contributed by atoms with Crippen LogP contribution in [0, 0.1) is 5.92 Å². The predicted octanol–water partition coefficient (Wildman–Crippen LogP) is 2.10. The number of aromatic hydroxyl groups is 1. The molecule has 8 amide bonds. The van der Waals surface area contributed by atoms with E-state index < -0.39 is 107 Å². The second-order valence-corrected chi connectivity index (χ2v) is 23.2. The Kier molecular flexibility index (Phi) is 24.6. The summed E-state index contributed by atoms with van der Waals surface area (Å²) in [5.74, 6) is -7.90. The zero-order valence-electron chi connectivity index (χ0n) is 46.9. The van der Waals surface area contributed by atoms with Crippen molar-refractivity contribution in [1.29, 1.82) is 0 Å². The normalized spacial score (nSPS) is 20.1. The predicted molar refractivity (Wildman–Crippen MR) is 323 cm³/mol. The Balaban J connectivity index is 0.00000274. The molecule has 448 valence electrons. The van der Waals surface area contributed by atoms with E-state index in [-0.39, 0.29) is 55.9 Å². The van der Waals surface area contributed by atoms with Crippen LogP contribution in [0.4, 0.5) is 0 Å². The molecule has 0 bridgehead atoms. The first-order valence-corrected chi connectivity index (χ1v) is 29.9. The van der Waals surface area contributed by atoms with Crippen LogP contribution in [0.25, 0.3) is 21.8 Å². The van der Waals surface area contributed by atoms with Gasteiger partial charge < -0.3 is 74.6 Å². The van der Waals surface area contributed by atoms with Gasteiger partial charge in [0.05, 0.1) is 6.04 Å². The number of carbonyl (C=O) groups excluding carboxylic acids is 8. The highest BCUT2D eigenvalue weighted by Gasteiger charge is 2.36. The third-order valence-corrected chi connectivity index (χ3v) is 16.2. The molecule has 2 aromatic heterocycles. The molecule has 0 saturated carbocycles. The lowest BCUT2D eigenvalue weighted by Gasteiger charge is -2.29. The lowest BCUT2D eigenvalue weighted by atomic mass is 10.00. The van der Waals surface area contributed by atoms with Crippen molar-refractivity contribution in [2.24, 2.45) is 23.1 Å². The smallest absolute Gasteiger partial charge is 0.300 e. The Morgan fingerprint density at radius 2 is 1.19 bits per heavy atom. The van der Waals surface area contributed by atoms with Crippen LogP contribution in [0.15, 0.2) is 116 Å². The monoisotopic (exact) mass is 1190 g/mol. The molecule has 0 radical (unpaired) electrons. The molecule has 84 heavy (non-hydrogen) atoms. The van der Waals surface area contributed by atoms with Gasteiger partial charge in [-0.1, -0.05) is 114 Å². The van der Waals surface area contributed by atoms with E-state index in [0.717, 1.165) is 55.9 Å². The van der Waals surface area contributed by atoms with Crippen LogP contribution in [-0.4, -0.2) is 140 Å². The molecule has 1 saturated heterocycles. The molecule has 1 aliphatic heterocycles. The summed E-state index contributed by atoms with van der Waals surface area (Å²) in [4.78, 5) is 130. The summed E-state index contributed by atoms with van der Waals surface area (Å²) in [7, 11) is 2.13. The summed E-state index contributed by atoms with van der Waals surface area (Å²) in [6.45, 7) is 4.76. The number of primary amides is 1. The summed E-state index contributed by atoms with van der Waals surface area (Å²) in [5.41, 5.74) is 22.4. The second-order valence-electron chi connectivity index (χ2n) is 20.7. The van der Waals surface area contributed by atoms with Gasteiger partial charge in [0, 0.05) is 71.9 Å². The number of aliphatic carboxylic acids is 1. The maximum Gasteiger partial charge on any atom is 0.300 e. The van der Waals surface area contributed by atoms with Gasteiger partial charge in [-0.15, -0.1) is 0 Å². The molecule has 6 aromatic rings. The standard InChI is InChI=1S/C57H70N12O9S2.C2H4O2/c1-32(2)49-57(78)68-48(55(76)64-44(50(60)71)26-35-28-61-41-16-8-6-14-38(35)41)31-80-79-30-47(67-51(72)40(59)24-33-12-4-3-5-13-33)56(77)65-45(25-34-19-21-37(70)22-20-34)53(74)66-46(27-36-29-62-42-17-9-7-15-39(36)42)54(75)63-43(52(73)69-49)18-10-11-23-58;1-2(3)4/h3-9,12-17,19-22,28-29,32,40,43-49,61-62,70H,10-11,18,23-27,30-31,58-59H2,1-2H3,(H2,60,71)(H,63,75)(H,64,76)(H,65,77)(H,66,74)(H,67,72)(H,68,78)(H,69,73);1H3,(H,3,4)/t40-,43+,44+,45+,46+,47+,48+,49+;/m1./s1. The van der Waals surface area contributed by atoms with Crippen LogP contribution in [0.3, 0.4) is 0 Å². The number of carbonyl (C=O) groups is 9. The number of rotatable bonds is 18. The van der Waals surface area contributed by atoms with Gasteiger partial charge in [0.2, 0.25) is 47.3 Å². The SMILES string of the molecule is CC(=O)O.CC(C)[C@@H]1NC(=O)[C@H](CCCCN)NC(=O)[C@H](Cc2c[nH]c3ccccc23)NC(=O)[C@H](Cc2ccc(O)cc2)NC(=O)[C@@H](NC(=O)[C@H](N)Cc2ccccc2)CSSC[C@@H](C(=O)N[C@@H](Cc2c[nH]c3ccccc23)C(N)=O)NC1=O. The van der Waals surface area contributed by atoms with E-state index in [1.165, 1.54) is 12.1 Å². The molecular formula is C59H74N12O11S2. The average molecular weight is 1190 g/mol. The maximum atomic E-state index is 14.9. The lowest BCUT2D eigenvalue weighted by Crippen LogP contribution is -2.61. The minimum Gasteiger partial charge on any atom is -0.508 e. The number of carboxylic acid groups (broad SMARTS) is 1. The van der Waals surface area contributed by atoms with Crippen molar-refractivity contribution in [3.63, 3.8) is 0 Å². The first kappa shape index (κ1) is 64.8. The fourth-order valence-corrected chi connectivity index (χ4v) is 11.6. The highest BCUT2D eigenvalue weighted by Crippen LogP contribution is 2.25. The van der Waals surface area contributed by atoms with E-state index in [1.54, 1.807) is 50.5 Å². The van der Waals surface area contributed by atoms with E-state index >= 15 is 0 Å². The van der Waals surface area contributed by atoms with Crippen LogP contribution in [0.2, 0.25) is 0 Å². The number of carboxylic acids is 1. The van der Waals surface area contributed by atoms with Gasteiger partial charge in [-0.3, -0.25) is 43.2 Å². The number of unbranched alkanes of at least 4 members (excludes halogenated alkanes) is 1. The Morgan fingerprint density at radius 3 is 1.81 bits per heavy atom. The zero-order valence-corrected chi connectivity index (χ0v) is 48.5. The highest BCUT2D eigenvalue weighted by molar-refractivity contribution is 8.76. The average Bonchev–Trinajstić information content (AvgIpc) is 4.31. The molecule has 4 aromatic carbocycles. The summed E-state index contributed by atoms with van der Waals surface area (Å²) in [5, 5.41) is 38.7. The van der Waals surface area contributed by atoms with E-state index in [0.29, 0.717) is 29.5 Å². The number of phenols is 1. The molecular weight excluding hydrogens is 1120 g/mol. The van der Waals surface area contributed by atoms with Crippen LogP contribution >= 0.6 is 21.6 Å². The van der Waals surface area contributed by atoms with Gasteiger partial charge in [0.25, 0.3) is 5.97 Å². The first-order chi connectivity index (χ1) is 40.2. The number of aromatic amines is 2. The molecule has 3 heterocycles. The van der Waals surface area contributed by atoms with Crippen LogP contribution in [0.1, 0.15) is 62.3 Å². The number of H-pyrrole nitrogens is 2. The van der Waals surface area contributed by atoms with Crippen LogP contribution in [-0.2, 0) is 68.8 Å². The quantitative estimate of drug-likeness (QED) is 0.0433. The number of aromatic nitrogens is 2. The molecule has 0 aliphatic carbocycles. The second kappa shape index (κ2) is 31.9. The van der Waals surface area contributed by atoms with Gasteiger partial charge in [0.15, 0.2) is 0 Å². The fraction of sp³-hybridized carbons (Fsp3) is 0.373. The number of para-hydroxylation sites is 2. The van der Waals surface area contributed by atoms with Crippen molar-refractivity contribution in [2.75, 3.05) is 18.1 Å². The summed E-state index contributed by atoms with van der Waals surface area (Å²) in [6.07, 6.45) is 4.31. The van der Waals surface area contributed by atoms with Crippen molar-refractivity contribution >= 4 is 96.6 Å². The lowest BCUT2D eigenvalue weighted by molar-refractivity contribution is -0.136. The van der Waals surface area contributed by atoms with Gasteiger partial charge in [-0.05, 0) is 84.7 Å². The third kappa shape index (κ3) is 19.4. The van der Waals surface area contributed by atoms with Gasteiger partial charge in [-0.2, -0.15) is 0 Å². The maximum absolute atomic E-state index is 14.9. The molecule has 17 N–H and O–H groups in total. The van der Waals surface area contributed by atoms with Crippen molar-refractivity contribution in [2.45, 2.75) is 114 Å². The number of phenolic OH excluding ortho intramolecular Hbond substituents is 1. The molecule has 0 spiro atoms. The molecule has 23 nitrogen and oxygen atoms in total. The van der Waals surface area contributed by atoms with Crippen molar-refractivity contribution in [3.8, 4) is 5.75 Å². The summed E-state index contributed by atoms with van der Waals surface area (Å²) in [6, 6.07) is 19.5. The topological polar surface area (TPSA) is 388 Å². The van der Waals surface area contributed by atoms with Crippen molar-refractivity contribution < 1.29 is 53.4 Å². The van der Waals surface area contributed by atoms with E-state index in [1.807, 2.05) is 66.7 Å². The molecule has 25 heteroatoms. The number of benzene rings is 4. The van der Waals surface area contributed by atoms with Gasteiger partial charge >= 0.3 is 0 Å². The zero-order chi connectivity index (χ0) is 60.9. The number of fused-ring (bicyclic) bond motifs is 2. The molecule has 8 atom stereocenters. The Morgan fingerprint density at radius 1 is 0.643 bits per heavy atom. The first-order valence-electron chi connectivity index (χ1n) is 27.4. The minimum atomic E-state index is -1.40. The van der Waals surface area contributed by atoms with Gasteiger partial charge in [-0.25, -0.2) is 0 Å². The van der Waals surface area contributed by atoms with E-state index in [4.69, 9.17) is 27.1 Å². The molecule has 1 fully saturated rings. The minimum absolute atomic E-state index is 0.00683. The Bertz CT molecular complexity index is 3230. The van der Waals surface area contributed by atoms with E-state index in [9.17, 15) is 43.5 Å². The molecule has 1 aliphatic rings. The molecule has 0 unspecified atom stereocenters. The number of nitrogens with two attached hydrogens (primary N) is 3. The number of hydrogen-bond donors (Lipinski definition) is 14. The molecule has 7 rings (SSSR count). The number of hydrogen-bond acceptors (Lipinski definition) is 14. The fourth-order valence-electron chi connectivity index (χ4n) is 9.29. The van der Waals surface area contributed by atoms with Crippen LogP contribution < -0.4 is 54.4 Å². The Hall–Kier alpha value is -8.39. The summed E-state index contributed by atoms with van der Waals surface area (Å²) < 4.78 is 0. The van der Waals surface area contributed by atoms with Gasteiger partial charge in [0.1, 0.15) is 48.0 Å².